The molecule has 0 aliphatic heterocycles. The number of carboxylic acids is 1. The minimum atomic E-state index is -1.43. The van der Waals surface area contributed by atoms with E-state index in [0.29, 0.717) is 5.56 Å². The van der Waals surface area contributed by atoms with E-state index in [1.807, 2.05) is 0 Å². The van der Waals surface area contributed by atoms with Crippen molar-refractivity contribution >= 4 is 5.97 Å². The molecule has 3 nitrogen and oxygen atoms in total. The SMILES string of the molecule is CC(N)(Cc1ccccc1F)C(=O)O. The highest BCUT2D eigenvalue weighted by Crippen LogP contribution is 2.14. The highest BCUT2D eigenvalue weighted by atomic mass is 19.1. The van der Waals surface area contributed by atoms with Gasteiger partial charge in [-0.3, -0.25) is 4.79 Å². The van der Waals surface area contributed by atoms with Crippen LogP contribution in [0.1, 0.15) is 12.5 Å². The van der Waals surface area contributed by atoms with Crippen molar-refractivity contribution in [2.75, 3.05) is 0 Å². The molecule has 0 fully saturated rings. The summed E-state index contributed by atoms with van der Waals surface area (Å²) in [7, 11) is 0. The number of nitrogens with two attached hydrogens (primary N) is 1. The van der Waals surface area contributed by atoms with Crippen LogP contribution in [0.25, 0.3) is 0 Å². The van der Waals surface area contributed by atoms with Gasteiger partial charge in [-0.2, -0.15) is 0 Å². The van der Waals surface area contributed by atoms with E-state index in [4.69, 9.17) is 10.8 Å². The maximum atomic E-state index is 13.1. The molecule has 76 valence electrons. The van der Waals surface area contributed by atoms with Crippen molar-refractivity contribution in [3.05, 3.63) is 35.6 Å². The molecule has 1 unspecified atom stereocenters. The Kier molecular flexibility index (Phi) is 2.86. The number of carboxylic acid groups (broad SMARTS) is 1. The molecule has 1 atom stereocenters. The predicted molar refractivity (Wildman–Crippen MR) is 50.3 cm³/mol. The van der Waals surface area contributed by atoms with Gasteiger partial charge in [0.05, 0.1) is 0 Å². The minimum absolute atomic E-state index is 0.0188. The fourth-order valence-corrected chi connectivity index (χ4v) is 1.11. The van der Waals surface area contributed by atoms with Crippen LogP contribution < -0.4 is 5.73 Å². The van der Waals surface area contributed by atoms with Crippen molar-refractivity contribution in [3.8, 4) is 0 Å². The molecule has 4 heteroatoms. The summed E-state index contributed by atoms with van der Waals surface area (Å²) >= 11 is 0. The second-order valence-corrected chi connectivity index (χ2v) is 3.49. The zero-order valence-electron chi connectivity index (χ0n) is 7.83. The predicted octanol–water partition coefficient (Wildman–Crippen LogP) is 1.17. The Bertz CT molecular complexity index is 350. The summed E-state index contributed by atoms with van der Waals surface area (Å²) in [6.45, 7) is 1.36. The maximum Gasteiger partial charge on any atom is 0.323 e. The van der Waals surface area contributed by atoms with Crippen LogP contribution >= 0.6 is 0 Å². The van der Waals surface area contributed by atoms with Crippen LogP contribution in [0.15, 0.2) is 24.3 Å². The van der Waals surface area contributed by atoms with E-state index in [1.54, 1.807) is 12.1 Å². The standard InChI is InChI=1S/C10H12FNO2/c1-10(12,9(13)14)6-7-4-2-3-5-8(7)11/h2-5H,6,12H2,1H3,(H,13,14). The molecule has 0 amide bonds. The van der Waals surface area contributed by atoms with E-state index < -0.39 is 17.3 Å². The van der Waals surface area contributed by atoms with Gasteiger partial charge in [-0.1, -0.05) is 18.2 Å². The van der Waals surface area contributed by atoms with E-state index in [0.717, 1.165) is 0 Å². The summed E-state index contributed by atoms with van der Waals surface area (Å²) in [5, 5.41) is 8.75. The lowest BCUT2D eigenvalue weighted by molar-refractivity contribution is -0.142. The molecule has 1 aromatic carbocycles. The summed E-state index contributed by atoms with van der Waals surface area (Å²) in [6, 6.07) is 6.01. The van der Waals surface area contributed by atoms with Gasteiger partial charge in [0.15, 0.2) is 0 Å². The van der Waals surface area contributed by atoms with Crippen molar-refractivity contribution in [2.45, 2.75) is 18.9 Å². The molecule has 0 saturated heterocycles. The average molecular weight is 197 g/mol. The molecule has 0 heterocycles. The fraction of sp³-hybridized carbons (Fsp3) is 0.300. The number of rotatable bonds is 3. The Morgan fingerprint density at radius 2 is 2.14 bits per heavy atom. The normalized spacial score (nSPS) is 14.8. The molecular weight excluding hydrogens is 185 g/mol. The van der Waals surface area contributed by atoms with E-state index in [9.17, 15) is 9.18 Å². The molecule has 0 bridgehead atoms. The number of hydrogen-bond acceptors (Lipinski definition) is 2. The monoisotopic (exact) mass is 197 g/mol. The third-order valence-corrected chi connectivity index (χ3v) is 2.00. The topological polar surface area (TPSA) is 63.3 Å². The van der Waals surface area contributed by atoms with Gasteiger partial charge in [0, 0.05) is 6.42 Å². The number of benzene rings is 1. The van der Waals surface area contributed by atoms with Gasteiger partial charge in [0.1, 0.15) is 11.4 Å². The van der Waals surface area contributed by atoms with Crippen LogP contribution in [-0.2, 0) is 11.2 Å². The van der Waals surface area contributed by atoms with E-state index in [1.165, 1.54) is 19.1 Å². The lowest BCUT2D eigenvalue weighted by atomic mass is 9.94. The Morgan fingerprint density at radius 1 is 1.57 bits per heavy atom. The molecule has 0 saturated carbocycles. The summed E-state index contributed by atoms with van der Waals surface area (Å²) in [4.78, 5) is 10.7. The number of hydrogen-bond donors (Lipinski definition) is 2. The molecule has 3 N–H and O–H groups in total. The van der Waals surface area contributed by atoms with Gasteiger partial charge in [-0.05, 0) is 18.6 Å². The molecular formula is C10H12FNO2. The average Bonchev–Trinajstić information content (AvgIpc) is 2.08. The highest BCUT2D eigenvalue weighted by molar-refractivity contribution is 5.78. The molecule has 0 radical (unpaired) electrons. The second-order valence-electron chi connectivity index (χ2n) is 3.49. The van der Waals surface area contributed by atoms with Gasteiger partial charge in [0.2, 0.25) is 0 Å². The lowest BCUT2D eigenvalue weighted by Crippen LogP contribution is -2.47. The molecule has 0 aliphatic rings. The number of carbonyl (C=O) groups is 1. The van der Waals surface area contributed by atoms with Crippen LogP contribution in [0.4, 0.5) is 4.39 Å². The van der Waals surface area contributed by atoms with Crippen molar-refractivity contribution in [2.24, 2.45) is 5.73 Å². The van der Waals surface area contributed by atoms with Crippen LogP contribution in [0, 0.1) is 5.82 Å². The van der Waals surface area contributed by atoms with Crippen LogP contribution in [0.2, 0.25) is 0 Å². The Morgan fingerprint density at radius 3 is 2.64 bits per heavy atom. The second kappa shape index (κ2) is 3.75. The molecule has 0 aromatic heterocycles. The first-order valence-electron chi connectivity index (χ1n) is 4.19. The summed E-state index contributed by atoms with van der Waals surface area (Å²) in [5.41, 5.74) is 4.39. The molecule has 1 rings (SSSR count). The summed E-state index contributed by atoms with van der Waals surface area (Å²) in [5.74, 6) is -1.56. The number of halogens is 1. The van der Waals surface area contributed by atoms with Gasteiger partial charge in [-0.15, -0.1) is 0 Å². The van der Waals surface area contributed by atoms with Crippen LogP contribution in [0.5, 0.6) is 0 Å². The quantitative estimate of drug-likeness (QED) is 0.764. The Labute approximate surface area is 81.4 Å². The molecule has 14 heavy (non-hydrogen) atoms. The van der Waals surface area contributed by atoms with Crippen molar-refractivity contribution in [1.29, 1.82) is 0 Å². The Balaban J connectivity index is 2.89. The van der Waals surface area contributed by atoms with Crippen molar-refractivity contribution in [3.63, 3.8) is 0 Å². The Hall–Kier alpha value is -1.42. The third-order valence-electron chi connectivity index (χ3n) is 2.00. The molecule has 0 aliphatic carbocycles. The largest absolute Gasteiger partial charge is 0.480 e. The van der Waals surface area contributed by atoms with Crippen LogP contribution in [-0.4, -0.2) is 16.6 Å². The summed E-state index contributed by atoms with van der Waals surface area (Å²) < 4.78 is 13.1. The van der Waals surface area contributed by atoms with E-state index >= 15 is 0 Å². The first-order valence-corrected chi connectivity index (χ1v) is 4.19. The zero-order valence-corrected chi connectivity index (χ0v) is 7.83. The van der Waals surface area contributed by atoms with E-state index in [2.05, 4.69) is 0 Å². The van der Waals surface area contributed by atoms with Crippen molar-refractivity contribution in [1.82, 2.24) is 0 Å². The van der Waals surface area contributed by atoms with Gasteiger partial charge < -0.3 is 10.8 Å². The first-order chi connectivity index (χ1) is 6.43. The summed E-state index contributed by atoms with van der Waals surface area (Å²) in [6.07, 6.45) is -0.0188. The minimum Gasteiger partial charge on any atom is -0.480 e. The van der Waals surface area contributed by atoms with E-state index in [-0.39, 0.29) is 6.42 Å². The van der Waals surface area contributed by atoms with Crippen LogP contribution in [0.3, 0.4) is 0 Å². The molecule has 0 spiro atoms. The van der Waals surface area contributed by atoms with Gasteiger partial charge in [0.25, 0.3) is 0 Å². The first kappa shape index (κ1) is 10.7. The fourth-order valence-electron chi connectivity index (χ4n) is 1.11. The lowest BCUT2D eigenvalue weighted by Gasteiger charge is -2.19. The maximum absolute atomic E-state index is 13.1. The third kappa shape index (κ3) is 2.29. The zero-order chi connectivity index (χ0) is 10.8. The van der Waals surface area contributed by atoms with Gasteiger partial charge >= 0.3 is 5.97 Å². The molecule has 1 aromatic rings. The van der Waals surface area contributed by atoms with Gasteiger partial charge in [-0.25, -0.2) is 4.39 Å². The van der Waals surface area contributed by atoms with Crippen molar-refractivity contribution < 1.29 is 14.3 Å². The smallest absolute Gasteiger partial charge is 0.323 e. The highest BCUT2D eigenvalue weighted by Gasteiger charge is 2.28. The number of aliphatic carboxylic acids is 1.